The number of hydrogen-bond acceptors (Lipinski definition) is 4. The van der Waals surface area contributed by atoms with E-state index in [1.165, 1.54) is 0 Å². The van der Waals surface area contributed by atoms with Crippen molar-refractivity contribution in [1.29, 1.82) is 0 Å². The van der Waals surface area contributed by atoms with E-state index in [2.05, 4.69) is 20.6 Å². The lowest BCUT2D eigenvalue weighted by atomic mass is 10.1. The summed E-state index contributed by atoms with van der Waals surface area (Å²) in [6, 6.07) is 14.6. The molecule has 0 bridgehead atoms. The summed E-state index contributed by atoms with van der Waals surface area (Å²) in [6.45, 7) is 0.376. The number of methoxy groups -OCH3 is 1. The lowest BCUT2D eigenvalue weighted by Gasteiger charge is -2.11. The fraction of sp³-hybridized carbons (Fsp3) is 0.105. The van der Waals surface area contributed by atoms with Gasteiger partial charge in [-0.15, -0.1) is 0 Å². The Morgan fingerprint density at radius 2 is 1.96 bits per heavy atom. The first kappa shape index (κ1) is 16.4. The second kappa shape index (κ2) is 7.92. The predicted octanol–water partition coefficient (Wildman–Crippen LogP) is 3.47. The van der Waals surface area contributed by atoms with E-state index in [-0.39, 0.29) is 6.03 Å². The Balaban J connectivity index is 1.57. The fourth-order valence-electron chi connectivity index (χ4n) is 2.31. The summed E-state index contributed by atoms with van der Waals surface area (Å²) >= 11 is 0. The molecule has 0 saturated heterocycles. The van der Waals surface area contributed by atoms with Crippen molar-refractivity contribution in [2.75, 3.05) is 12.4 Å². The zero-order valence-corrected chi connectivity index (χ0v) is 13.8. The molecule has 2 aromatic heterocycles. The smallest absolute Gasteiger partial charge is 0.319 e. The van der Waals surface area contributed by atoms with E-state index < -0.39 is 0 Å². The number of nitrogens with one attached hydrogen (secondary N) is 2. The molecule has 2 amide bonds. The van der Waals surface area contributed by atoms with Gasteiger partial charge in [0.1, 0.15) is 5.75 Å². The Morgan fingerprint density at radius 1 is 1.08 bits per heavy atom. The van der Waals surface area contributed by atoms with E-state index in [0.717, 1.165) is 16.8 Å². The number of aromatic nitrogens is 2. The molecule has 0 unspecified atom stereocenters. The van der Waals surface area contributed by atoms with Crippen LogP contribution >= 0.6 is 0 Å². The highest BCUT2D eigenvalue weighted by Crippen LogP contribution is 2.22. The molecule has 1 aromatic carbocycles. The Kier molecular flexibility index (Phi) is 5.21. The van der Waals surface area contributed by atoms with Crippen LogP contribution < -0.4 is 15.4 Å². The highest BCUT2D eigenvalue weighted by Gasteiger charge is 2.06. The van der Waals surface area contributed by atoms with Gasteiger partial charge in [0, 0.05) is 30.7 Å². The SMILES string of the molecule is COc1ccccc1NC(=O)NCc1ccc(-c2cccnc2)nc1. The monoisotopic (exact) mass is 334 g/mol. The van der Waals surface area contributed by atoms with Crippen molar-refractivity contribution >= 4 is 11.7 Å². The van der Waals surface area contributed by atoms with Crippen LogP contribution in [0.5, 0.6) is 5.75 Å². The molecule has 0 aliphatic carbocycles. The van der Waals surface area contributed by atoms with Crippen molar-refractivity contribution in [2.24, 2.45) is 0 Å². The number of anilines is 1. The van der Waals surface area contributed by atoms with Crippen LogP contribution in [0.4, 0.5) is 10.5 Å². The summed E-state index contributed by atoms with van der Waals surface area (Å²) in [6.07, 6.45) is 5.23. The highest BCUT2D eigenvalue weighted by molar-refractivity contribution is 5.90. The van der Waals surface area contributed by atoms with Gasteiger partial charge in [0.2, 0.25) is 0 Å². The van der Waals surface area contributed by atoms with Gasteiger partial charge in [0.05, 0.1) is 18.5 Å². The second-order valence-corrected chi connectivity index (χ2v) is 5.30. The lowest BCUT2D eigenvalue weighted by molar-refractivity contribution is 0.251. The molecule has 0 fully saturated rings. The maximum Gasteiger partial charge on any atom is 0.319 e. The van der Waals surface area contributed by atoms with Crippen molar-refractivity contribution in [2.45, 2.75) is 6.54 Å². The summed E-state index contributed by atoms with van der Waals surface area (Å²) in [5.41, 5.74) is 3.32. The molecule has 0 spiro atoms. The molecule has 0 saturated carbocycles. The maximum atomic E-state index is 12.0. The van der Waals surface area contributed by atoms with Crippen LogP contribution in [-0.2, 0) is 6.54 Å². The maximum absolute atomic E-state index is 12.0. The highest BCUT2D eigenvalue weighted by atomic mass is 16.5. The van der Waals surface area contributed by atoms with Crippen LogP contribution in [0.15, 0.2) is 67.1 Å². The second-order valence-electron chi connectivity index (χ2n) is 5.30. The van der Waals surface area contributed by atoms with Gasteiger partial charge in [-0.1, -0.05) is 18.2 Å². The number of para-hydroxylation sites is 2. The van der Waals surface area contributed by atoms with Gasteiger partial charge in [-0.3, -0.25) is 9.97 Å². The number of amides is 2. The Hall–Kier alpha value is -3.41. The topological polar surface area (TPSA) is 76.1 Å². The van der Waals surface area contributed by atoms with Crippen LogP contribution in [-0.4, -0.2) is 23.1 Å². The van der Waals surface area contributed by atoms with Gasteiger partial charge < -0.3 is 15.4 Å². The average Bonchev–Trinajstić information content (AvgIpc) is 2.68. The molecular weight excluding hydrogens is 316 g/mol. The normalized spacial score (nSPS) is 10.1. The molecule has 2 heterocycles. The van der Waals surface area contributed by atoms with Crippen molar-refractivity contribution in [3.63, 3.8) is 0 Å². The van der Waals surface area contributed by atoms with E-state index in [1.807, 2.05) is 36.4 Å². The number of hydrogen-bond donors (Lipinski definition) is 2. The Labute approximate surface area is 145 Å². The minimum atomic E-state index is -0.305. The summed E-state index contributed by atoms with van der Waals surface area (Å²) in [5.74, 6) is 0.611. The number of urea groups is 1. The van der Waals surface area contributed by atoms with Crippen molar-refractivity contribution < 1.29 is 9.53 Å². The number of pyridine rings is 2. The molecule has 0 atom stereocenters. The summed E-state index contributed by atoms with van der Waals surface area (Å²) < 4.78 is 5.21. The molecule has 0 aliphatic rings. The van der Waals surface area contributed by atoms with Gasteiger partial charge in [-0.25, -0.2) is 4.79 Å². The van der Waals surface area contributed by atoms with Crippen LogP contribution in [0.1, 0.15) is 5.56 Å². The first-order chi connectivity index (χ1) is 12.3. The summed E-state index contributed by atoms with van der Waals surface area (Å²) in [5, 5.41) is 5.57. The number of carbonyl (C=O) groups is 1. The van der Waals surface area contributed by atoms with Gasteiger partial charge in [0.25, 0.3) is 0 Å². The van der Waals surface area contributed by atoms with E-state index in [4.69, 9.17) is 4.74 Å². The average molecular weight is 334 g/mol. The number of ether oxygens (including phenoxy) is 1. The zero-order valence-electron chi connectivity index (χ0n) is 13.8. The third kappa shape index (κ3) is 4.32. The van der Waals surface area contributed by atoms with Crippen molar-refractivity contribution in [3.8, 4) is 17.0 Å². The summed E-state index contributed by atoms with van der Waals surface area (Å²) in [7, 11) is 1.56. The van der Waals surface area contributed by atoms with E-state index in [1.54, 1.807) is 37.8 Å². The first-order valence-corrected chi connectivity index (χ1v) is 7.79. The zero-order chi connectivity index (χ0) is 17.5. The van der Waals surface area contributed by atoms with Crippen molar-refractivity contribution in [3.05, 3.63) is 72.7 Å². The third-order valence-electron chi connectivity index (χ3n) is 3.59. The summed E-state index contributed by atoms with van der Waals surface area (Å²) in [4.78, 5) is 20.5. The number of nitrogens with zero attached hydrogens (tertiary/aromatic N) is 2. The number of carbonyl (C=O) groups excluding carboxylic acids is 1. The van der Waals surface area contributed by atoms with E-state index in [9.17, 15) is 4.79 Å². The molecule has 126 valence electrons. The molecule has 25 heavy (non-hydrogen) atoms. The molecular formula is C19H18N4O2. The fourth-order valence-corrected chi connectivity index (χ4v) is 2.31. The van der Waals surface area contributed by atoms with Crippen LogP contribution in [0.2, 0.25) is 0 Å². The van der Waals surface area contributed by atoms with E-state index >= 15 is 0 Å². The van der Waals surface area contributed by atoms with Gasteiger partial charge >= 0.3 is 6.03 Å². The largest absolute Gasteiger partial charge is 0.495 e. The molecule has 2 N–H and O–H groups in total. The van der Waals surface area contributed by atoms with Crippen LogP contribution in [0.25, 0.3) is 11.3 Å². The predicted molar refractivity (Wildman–Crippen MR) is 96.3 cm³/mol. The number of rotatable bonds is 5. The first-order valence-electron chi connectivity index (χ1n) is 7.79. The van der Waals surface area contributed by atoms with Crippen LogP contribution in [0, 0.1) is 0 Å². The van der Waals surface area contributed by atoms with E-state index in [0.29, 0.717) is 18.0 Å². The Bertz CT molecular complexity index is 836. The van der Waals surface area contributed by atoms with Gasteiger partial charge in [-0.2, -0.15) is 0 Å². The van der Waals surface area contributed by atoms with Gasteiger partial charge in [0.15, 0.2) is 0 Å². The lowest BCUT2D eigenvalue weighted by Crippen LogP contribution is -2.28. The quantitative estimate of drug-likeness (QED) is 0.749. The standard InChI is InChI=1S/C19H18N4O2/c1-25-18-7-3-2-6-17(18)23-19(24)22-12-14-8-9-16(21-11-14)15-5-4-10-20-13-15/h2-11,13H,12H2,1H3,(H2,22,23,24). The van der Waals surface area contributed by atoms with Gasteiger partial charge in [-0.05, 0) is 35.9 Å². The minimum Gasteiger partial charge on any atom is -0.495 e. The molecule has 3 rings (SSSR count). The van der Waals surface area contributed by atoms with Crippen LogP contribution in [0.3, 0.4) is 0 Å². The molecule has 0 aliphatic heterocycles. The molecule has 6 heteroatoms. The third-order valence-corrected chi connectivity index (χ3v) is 3.59. The number of benzene rings is 1. The Morgan fingerprint density at radius 3 is 2.68 bits per heavy atom. The molecule has 6 nitrogen and oxygen atoms in total. The molecule has 0 radical (unpaired) electrons. The minimum absolute atomic E-state index is 0.305. The molecule has 3 aromatic rings. The van der Waals surface area contributed by atoms with Crippen molar-refractivity contribution in [1.82, 2.24) is 15.3 Å².